The number of benzene rings is 1. The molecule has 0 aliphatic carbocycles. The number of esters is 1. The lowest BCUT2D eigenvalue weighted by Crippen LogP contribution is -2.43. The summed E-state index contributed by atoms with van der Waals surface area (Å²) in [6, 6.07) is 10.8. The number of rotatable bonds is 8. The summed E-state index contributed by atoms with van der Waals surface area (Å²) >= 11 is 0. The van der Waals surface area contributed by atoms with Gasteiger partial charge in [0.05, 0.1) is 7.11 Å². The summed E-state index contributed by atoms with van der Waals surface area (Å²) in [5.41, 5.74) is 1.33. The summed E-state index contributed by atoms with van der Waals surface area (Å²) in [5.74, 6) is -0.193. The number of nitrogens with zero attached hydrogens (tertiary/aromatic N) is 1. The summed E-state index contributed by atoms with van der Waals surface area (Å²) in [6.45, 7) is 1.45. The second-order valence-electron chi connectivity index (χ2n) is 6.28. The van der Waals surface area contributed by atoms with E-state index in [-0.39, 0.29) is 12.0 Å². The van der Waals surface area contributed by atoms with Gasteiger partial charge in [0.15, 0.2) is 0 Å². The van der Waals surface area contributed by atoms with Crippen LogP contribution in [0.25, 0.3) is 0 Å². The zero-order valence-electron chi connectivity index (χ0n) is 14.5. The molecule has 2 rings (SSSR count). The molecule has 1 N–H and O–H groups in total. The highest BCUT2D eigenvalue weighted by Gasteiger charge is 2.27. The van der Waals surface area contributed by atoms with Crippen LogP contribution in [-0.4, -0.2) is 43.1 Å². The molecule has 1 aromatic carbocycles. The summed E-state index contributed by atoms with van der Waals surface area (Å²) < 4.78 is 4.60. The van der Waals surface area contributed by atoms with Crippen LogP contribution in [0.4, 0.5) is 4.79 Å². The zero-order valence-corrected chi connectivity index (χ0v) is 14.5. The van der Waals surface area contributed by atoms with Gasteiger partial charge in [-0.25, -0.2) is 4.79 Å². The highest BCUT2D eigenvalue weighted by molar-refractivity contribution is 5.74. The van der Waals surface area contributed by atoms with Crippen LogP contribution in [0.1, 0.15) is 44.1 Å². The van der Waals surface area contributed by atoms with Gasteiger partial charge in [0.2, 0.25) is 0 Å². The number of carbonyl (C=O) groups excluding carboxylic acids is 2. The van der Waals surface area contributed by atoms with Crippen LogP contribution >= 0.6 is 0 Å². The molecule has 2 amide bonds. The van der Waals surface area contributed by atoms with E-state index >= 15 is 0 Å². The third-order valence-electron chi connectivity index (χ3n) is 4.56. The van der Waals surface area contributed by atoms with Gasteiger partial charge < -0.3 is 15.0 Å². The minimum atomic E-state index is -0.193. The molecule has 0 bridgehead atoms. The summed E-state index contributed by atoms with van der Waals surface area (Å²) in [5, 5.41) is 2.98. The lowest BCUT2D eigenvalue weighted by Gasteiger charge is -2.25. The highest BCUT2D eigenvalue weighted by Crippen LogP contribution is 2.21. The third kappa shape index (κ3) is 5.87. The van der Waals surface area contributed by atoms with Crippen molar-refractivity contribution in [1.29, 1.82) is 0 Å². The number of urea groups is 1. The maximum Gasteiger partial charge on any atom is 0.317 e. The lowest BCUT2D eigenvalue weighted by atomic mass is 10.0. The van der Waals surface area contributed by atoms with Gasteiger partial charge in [-0.05, 0) is 44.1 Å². The van der Waals surface area contributed by atoms with Crippen LogP contribution in [0.2, 0.25) is 0 Å². The van der Waals surface area contributed by atoms with E-state index in [1.165, 1.54) is 12.7 Å². The van der Waals surface area contributed by atoms with Gasteiger partial charge >= 0.3 is 12.0 Å². The van der Waals surface area contributed by atoms with Gasteiger partial charge in [0.1, 0.15) is 0 Å². The SMILES string of the molecule is COC(=O)CCCCNC(=O)N1CCCC1CCc1ccccc1. The normalized spacial score (nSPS) is 16.9. The number of amides is 2. The van der Waals surface area contributed by atoms with Crippen molar-refractivity contribution in [3.05, 3.63) is 35.9 Å². The average molecular weight is 332 g/mol. The van der Waals surface area contributed by atoms with E-state index in [2.05, 4.69) is 34.3 Å². The Bertz CT molecular complexity index is 519. The predicted molar refractivity (Wildman–Crippen MR) is 93.8 cm³/mol. The first-order chi connectivity index (χ1) is 11.7. The van der Waals surface area contributed by atoms with Crippen molar-refractivity contribution >= 4 is 12.0 Å². The van der Waals surface area contributed by atoms with E-state index in [1.807, 2.05) is 11.0 Å². The number of aryl methyl sites for hydroxylation is 1. The number of unbranched alkanes of at least 4 members (excludes halogenated alkanes) is 1. The number of hydrogen-bond donors (Lipinski definition) is 1. The molecule has 1 aliphatic heterocycles. The Hall–Kier alpha value is -2.04. The number of ether oxygens (including phenoxy) is 1. The van der Waals surface area contributed by atoms with Crippen LogP contribution in [0, 0.1) is 0 Å². The molecule has 1 unspecified atom stereocenters. The molecule has 0 radical (unpaired) electrons. The Balaban J connectivity index is 1.67. The quantitative estimate of drug-likeness (QED) is 0.588. The third-order valence-corrected chi connectivity index (χ3v) is 4.56. The predicted octanol–water partition coefficient (Wildman–Crippen LogP) is 3.14. The minimum Gasteiger partial charge on any atom is -0.469 e. The van der Waals surface area contributed by atoms with Gasteiger partial charge in [0, 0.05) is 25.6 Å². The Morgan fingerprint density at radius 3 is 2.79 bits per heavy atom. The molecule has 0 aromatic heterocycles. The molecule has 1 heterocycles. The molecule has 0 spiro atoms. The van der Waals surface area contributed by atoms with Crippen molar-refractivity contribution in [3.8, 4) is 0 Å². The molecular formula is C19H28N2O3. The number of hydrogen-bond acceptors (Lipinski definition) is 3. The maximum atomic E-state index is 12.3. The van der Waals surface area contributed by atoms with E-state index in [4.69, 9.17) is 0 Å². The van der Waals surface area contributed by atoms with Crippen molar-refractivity contribution < 1.29 is 14.3 Å². The van der Waals surface area contributed by atoms with Gasteiger partial charge in [-0.15, -0.1) is 0 Å². The van der Waals surface area contributed by atoms with E-state index < -0.39 is 0 Å². The van der Waals surface area contributed by atoms with Crippen LogP contribution in [-0.2, 0) is 16.0 Å². The van der Waals surface area contributed by atoms with Gasteiger partial charge in [-0.2, -0.15) is 0 Å². The number of nitrogens with one attached hydrogen (secondary N) is 1. The molecule has 132 valence electrons. The summed E-state index contributed by atoms with van der Waals surface area (Å²) in [6.07, 6.45) is 6.13. The first kappa shape index (κ1) is 18.3. The van der Waals surface area contributed by atoms with Gasteiger partial charge in [-0.1, -0.05) is 30.3 Å². The molecule has 1 saturated heterocycles. The smallest absolute Gasteiger partial charge is 0.317 e. The molecule has 5 heteroatoms. The summed E-state index contributed by atoms with van der Waals surface area (Å²) in [4.78, 5) is 25.4. The fraction of sp³-hybridized carbons (Fsp3) is 0.579. The van der Waals surface area contributed by atoms with Crippen LogP contribution in [0.5, 0.6) is 0 Å². The fourth-order valence-corrected chi connectivity index (χ4v) is 3.17. The lowest BCUT2D eigenvalue weighted by molar-refractivity contribution is -0.140. The monoisotopic (exact) mass is 332 g/mol. The molecule has 0 saturated carbocycles. The molecular weight excluding hydrogens is 304 g/mol. The van der Waals surface area contributed by atoms with Crippen molar-refractivity contribution in [2.24, 2.45) is 0 Å². The van der Waals surface area contributed by atoms with Crippen molar-refractivity contribution in [2.45, 2.75) is 51.0 Å². The molecule has 5 nitrogen and oxygen atoms in total. The second-order valence-corrected chi connectivity index (χ2v) is 6.28. The minimum absolute atomic E-state index is 0.0311. The average Bonchev–Trinajstić information content (AvgIpc) is 3.08. The van der Waals surface area contributed by atoms with Gasteiger partial charge in [0.25, 0.3) is 0 Å². The Labute approximate surface area is 144 Å². The van der Waals surface area contributed by atoms with Gasteiger partial charge in [-0.3, -0.25) is 4.79 Å². The Kier molecular flexibility index (Phi) is 7.59. The first-order valence-electron chi connectivity index (χ1n) is 8.86. The second kappa shape index (κ2) is 9.96. The van der Waals surface area contributed by atoms with E-state index in [1.54, 1.807) is 0 Å². The summed E-state index contributed by atoms with van der Waals surface area (Å²) in [7, 11) is 1.40. The van der Waals surface area contributed by atoms with E-state index in [0.29, 0.717) is 19.0 Å². The van der Waals surface area contributed by atoms with Crippen LogP contribution in [0.15, 0.2) is 30.3 Å². The molecule has 24 heavy (non-hydrogen) atoms. The Morgan fingerprint density at radius 1 is 1.25 bits per heavy atom. The zero-order chi connectivity index (χ0) is 17.2. The van der Waals surface area contributed by atoms with E-state index in [0.717, 1.165) is 45.1 Å². The number of carbonyl (C=O) groups is 2. The largest absolute Gasteiger partial charge is 0.469 e. The van der Waals surface area contributed by atoms with Crippen LogP contribution < -0.4 is 5.32 Å². The Morgan fingerprint density at radius 2 is 2.04 bits per heavy atom. The topological polar surface area (TPSA) is 58.6 Å². The highest BCUT2D eigenvalue weighted by atomic mass is 16.5. The van der Waals surface area contributed by atoms with E-state index in [9.17, 15) is 9.59 Å². The standard InChI is InChI=1S/C19H28N2O3/c1-24-18(22)11-5-6-14-20-19(23)21-15-7-10-17(21)13-12-16-8-3-2-4-9-16/h2-4,8-9,17H,5-7,10-15H2,1H3,(H,20,23). The van der Waals surface area contributed by atoms with Crippen molar-refractivity contribution in [2.75, 3.05) is 20.2 Å². The fourth-order valence-electron chi connectivity index (χ4n) is 3.17. The molecule has 1 aliphatic rings. The maximum absolute atomic E-state index is 12.3. The first-order valence-corrected chi connectivity index (χ1v) is 8.86. The van der Waals surface area contributed by atoms with Crippen molar-refractivity contribution in [1.82, 2.24) is 10.2 Å². The number of methoxy groups -OCH3 is 1. The molecule has 1 fully saturated rings. The van der Waals surface area contributed by atoms with Crippen LogP contribution in [0.3, 0.4) is 0 Å². The molecule has 1 atom stereocenters. The number of likely N-dealkylation sites (tertiary alicyclic amines) is 1. The molecule has 1 aromatic rings. The van der Waals surface area contributed by atoms with Crippen molar-refractivity contribution in [3.63, 3.8) is 0 Å².